The first-order chi connectivity index (χ1) is 12.3. The van der Waals surface area contributed by atoms with Crippen LogP contribution in [0.5, 0.6) is 0 Å². The zero-order chi connectivity index (χ0) is 17.2. The number of fused-ring (bicyclic) bond motifs is 1. The molecule has 1 aromatic carbocycles. The van der Waals surface area contributed by atoms with Crippen LogP contribution in [0.4, 0.5) is 5.82 Å². The van der Waals surface area contributed by atoms with Crippen LogP contribution in [0.25, 0.3) is 11.0 Å². The highest BCUT2D eigenvalue weighted by molar-refractivity contribution is 5.81. The number of imidazole rings is 1. The molecule has 0 aliphatic carbocycles. The molecule has 0 spiro atoms. The van der Waals surface area contributed by atoms with Gasteiger partial charge in [-0.2, -0.15) is 0 Å². The number of likely N-dealkylation sites (tertiary alicyclic amines) is 1. The summed E-state index contributed by atoms with van der Waals surface area (Å²) in [6.07, 6.45) is 7.06. The molecule has 128 valence electrons. The molecular weight excluding hydrogens is 316 g/mol. The number of rotatable bonds is 4. The quantitative estimate of drug-likeness (QED) is 0.791. The van der Waals surface area contributed by atoms with Gasteiger partial charge in [0, 0.05) is 13.6 Å². The van der Waals surface area contributed by atoms with Crippen LogP contribution < -0.4 is 5.32 Å². The van der Waals surface area contributed by atoms with Crippen molar-refractivity contribution in [1.29, 1.82) is 0 Å². The molecule has 2 aromatic heterocycles. The molecule has 1 fully saturated rings. The Morgan fingerprint density at radius 3 is 3.08 bits per heavy atom. The third-order valence-electron chi connectivity index (χ3n) is 4.66. The first-order valence-corrected chi connectivity index (χ1v) is 8.45. The molecule has 0 saturated carbocycles. The first kappa shape index (κ1) is 15.6. The lowest BCUT2D eigenvalue weighted by Crippen LogP contribution is -2.33. The number of nitrogens with one attached hydrogen (secondary N) is 1. The number of benzene rings is 1. The highest BCUT2D eigenvalue weighted by Gasteiger charge is 2.31. The molecule has 3 heterocycles. The number of nitrogens with zero attached hydrogens (tertiary/aromatic N) is 5. The molecule has 25 heavy (non-hydrogen) atoms. The number of amides is 1. The van der Waals surface area contributed by atoms with E-state index in [0.717, 1.165) is 41.9 Å². The van der Waals surface area contributed by atoms with E-state index < -0.39 is 0 Å². The van der Waals surface area contributed by atoms with Crippen molar-refractivity contribution >= 4 is 22.8 Å². The van der Waals surface area contributed by atoms with Crippen molar-refractivity contribution in [3.05, 3.63) is 48.7 Å². The van der Waals surface area contributed by atoms with Gasteiger partial charge >= 0.3 is 0 Å². The van der Waals surface area contributed by atoms with Gasteiger partial charge in [0.05, 0.1) is 41.5 Å². The number of carbonyl (C=O) groups excluding carboxylic acids is 1. The average molecular weight is 336 g/mol. The summed E-state index contributed by atoms with van der Waals surface area (Å²) in [6.45, 7) is 1.04. The van der Waals surface area contributed by atoms with E-state index in [4.69, 9.17) is 0 Å². The van der Waals surface area contributed by atoms with Gasteiger partial charge in [-0.25, -0.2) is 9.97 Å². The summed E-state index contributed by atoms with van der Waals surface area (Å²) in [6, 6.07) is 7.84. The predicted molar refractivity (Wildman–Crippen MR) is 95.0 cm³/mol. The van der Waals surface area contributed by atoms with Gasteiger partial charge in [-0.1, -0.05) is 12.1 Å². The standard InChI is InChI=1S/C18H20N6O/c1-19-17-10-20-9-14(22-17)16-7-4-8-24(16)18(25)11-23-12-21-13-5-2-3-6-15(13)23/h2-3,5-6,9-10,12,16H,4,7-8,11H2,1H3,(H,19,22)/t16-/m1/s1. The van der Waals surface area contributed by atoms with Crippen LogP contribution in [0.3, 0.4) is 0 Å². The molecule has 1 atom stereocenters. The van der Waals surface area contributed by atoms with Gasteiger partial charge in [0.15, 0.2) is 0 Å². The lowest BCUT2D eigenvalue weighted by atomic mass is 10.1. The Balaban J connectivity index is 1.56. The van der Waals surface area contributed by atoms with E-state index >= 15 is 0 Å². The molecule has 7 nitrogen and oxygen atoms in total. The summed E-state index contributed by atoms with van der Waals surface area (Å²) in [4.78, 5) is 28.0. The van der Waals surface area contributed by atoms with Crippen molar-refractivity contribution in [1.82, 2.24) is 24.4 Å². The molecule has 0 bridgehead atoms. The third kappa shape index (κ3) is 2.93. The summed E-state index contributed by atoms with van der Waals surface area (Å²) in [5, 5.41) is 3.00. The highest BCUT2D eigenvalue weighted by atomic mass is 16.2. The van der Waals surface area contributed by atoms with Crippen LogP contribution >= 0.6 is 0 Å². The Morgan fingerprint density at radius 1 is 1.32 bits per heavy atom. The molecule has 0 radical (unpaired) electrons. The Labute approximate surface area is 145 Å². The number of hydrogen-bond acceptors (Lipinski definition) is 5. The van der Waals surface area contributed by atoms with Crippen molar-refractivity contribution in [3.8, 4) is 0 Å². The minimum absolute atomic E-state index is 0.0110. The van der Waals surface area contributed by atoms with E-state index in [1.165, 1.54) is 0 Å². The van der Waals surface area contributed by atoms with Gasteiger partial charge in [-0.05, 0) is 25.0 Å². The lowest BCUT2D eigenvalue weighted by molar-refractivity contribution is -0.132. The van der Waals surface area contributed by atoms with E-state index in [1.54, 1.807) is 18.7 Å². The maximum Gasteiger partial charge on any atom is 0.243 e. The maximum atomic E-state index is 12.9. The Morgan fingerprint density at radius 2 is 2.20 bits per heavy atom. The molecule has 4 rings (SSSR count). The van der Waals surface area contributed by atoms with Gasteiger partial charge in [0.1, 0.15) is 12.4 Å². The fourth-order valence-corrected chi connectivity index (χ4v) is 3.41. The lowest BCUT2D eigenvalue weighted by Gasteiger charge is -2.24. The molecule has 1 aliphatic heterocycles. The molecular formula is C18H20N6O. The van der Waals surface area contributed by atoms with Gasteiger partial charge in [-0.3, -0.25) is 9.78 Å². The zero-order valence-corrected chi connectivity index (χ0v) is 14.1. The van der Waals surface area contributed by atoms with Crippen molar-refractivity contribution in [2.24, 2.45) is 0 Å². The van der Waals surface area contributed by atoms with Crippen LogP contribution in [0.15, 0.2) is 43.0 Å². The molecule has 1 amide bonds. The van der Waals surface area contributed by atoms with Gasteiger partial charge < -0.3 is 14.8 Å². The molecule has 3 aromatic rings. The first-order valence-electron chi connectivity index (χ1n) is 8.45. The van der Waals surface area contributed by atoms with E-state index in [2.05, 4.69) is 20.3 Å². The fraction of sp³-hybridized carbons (Fsp3) is 0.333. The molecule has 1 N–H and O–H groups in total. The van der Waals surface area contributed by atoms with Crippen molar-refractivity contribution in [2.45, 2.75) is 25.4 Å². The number of hydrogen-bond donors (Lipinski definition) is 1. The molecule has 0 unspecified atom stereocenters. The summed E-state index contributed by atoms with van der Waals surface area (Å²) in [5.74, 6) is 0.805. The summed E-state index contributed by atoms with van der Waals surface area (Å²) >= 11 is 0. The summed E-state index contributed by atoms with van der Waals surface area (Å²) < 4.78 is 1.91. The van der Waals surface area contributed by atoms with E-state index in [0.29, 0.717) is 0 Å². The van der Waals surface area contributed by atoms with Gasteiger partial charge in [0.25, 0.3) is 0 Å². The highest BCUT2D eigenvalue weighted by Crippen LogP contribution is 2.31. The minimum atomic E-state index is -0.0110. The summed E-state index contributed by atoms with van der Waals surface area (Å²) in [7, 11) is 1.81. The largest absolute Gasteiger partial charge is 0.372 e. The summed E-state index contributed by atoms with van der Waals surface area (Å²) in [5.41, 5.74) is 2.72. The van der Waals surface area contributed by atoms with E-state index in [1.807, 2.05) is 40.8 Å². The zero-order valence-electron chi connectivity index (χ0n) is 14.1. The molecule has 7 heteroatoms. The Kier molecular flexibility index (Phi) is 4.05. The van der Waals surface area contributed by atoms with Gasteiger partial charge in [-0.15, -0.1) is 0 Å². The second-order valence-corrected chi connectivity index (χ2v) is 6.19. The normalized spacial score (nSPS) is 17.2. The monoisotopic (exact) mass is 336 g/mol. The van der Waals surface area contributed by atoms with Gasteiger partial charge in [0.2, 0.25) is 5.91 Å². The minimum Gasteiger partial charge on any atom is -0.372 e. The number of aromatic nitrogens is 4. The molecule has 1 aliphatic rings. The van der Waals surface area contributed by atoms with Crippen LogP contribution in [0, 0.1) is 0 Å². The maximum absolute atomic E-state index is 12.9. The number of para-hydroxylation sites is 2. The third-order valence-corrected chi connectivity index (χ3v) is 4.66. The van der Waals surface area contributed by atoms with Crippen molar-refractivity contribution in [3.63, 3.8) is 0 Å². The second kappa shape index (κ2) is 6.51. The van der Waals surface area contributed by atoms with Crippen LogP contribution in [-0.4, -0.2) is 43.9 Å². The average Bonchev–Trinajstić information content (AvgIpc) is 3.29. The van der Waals surface area contributed by atoms with Crippen molar-refractivity contribution in [2.75, 3.05) is 18.9 Å². The smallest absolute Gasteiger partial charge is 0.243 e. The van der Waals surface area contributed by atoms with E-state index in [-0.39, 0.29) is 18.5 Å². The van der Waals surface area contributed by atoms with Crippen LogP contribution in [-0.2, 0) is 11.3 Å². The van der Waals surface area contributed by atoms with Crippen LogP contribution in [0.1, 0.15) is 24.6 Å². The second-order valence-electron chi connectivity index (χ2n) is 6.19. The van der Waals surface area contributed by atoms with Crippen LogP contribution in [0.2, 0.25) is 0 Å². The van der Waals surface area contributed by atoms with E-state index in [9.17, 15) is 4.79 Å². The number of anilines is 1. The van der Waals surface area contributed by atoms with Crippen molar-refractivity contribution < 1.29 is 4.79 Å². The Hall–Kier alpha value is -2.96. The fourth-order valence-electron chi connectivity index (χ4n) is 3.41. The molecule has 1 saturated heterocycles. The SMILES string of the molecule is CNc1cncc([C@H]2CCCN2C(=O)Cn2cnc3ccccc32)n1. The topological polar surface area (TPSA) is 75.9 Å². The Bertz CT molecular complexity index is 905. The number of carbonyl (C=O) groups is 1. The predicted octanol–water partition coefficient (Wildman–Crippen LogP) is 2.23.